The van der Waals surface area contributed by atoms with Crippen molar-refractivity contribution in [3.63, 3.8) is 0 Å². The van der Waals surface area contributed by atoms with Crippen molar-refractivity contribution in [3.05, 3.63) is 60.8 Å². The number of fused-ring (bicyclic) bond motifs is 5. The molecule has 4 unspecified atom stereocenters. The largest absolute Gasteiger partial charge is 0.356 e. The monoisotopic (exact) mass is 348 g/mol. The predicted molar refractivity (Wildman–Crippen MR) is 103 cm³/mol. The average Bonchev–Trinajstić information content (AvgIpc) is 3.33. The molecule has 0 spiro atoms. The summed E-state index contributed by atoms with van der Waals surface area (Å²) in [5.41, 5.74) is 2.55. The highest BCUT2D eigenvalue weighted by Gasteiger charge is 2.61. The van der Waals surface area contributed by atoms with Gasteiger partial charge in [-0.3, -0.25) is 14.5 Å². The summed E-state index contributed by atoms with van der Waals surface area (Å²) in [5.74, 6) is 0.713. The molecule has 134 valence electrons. The van der Waals surface area contributed by atoms with Gasteiger partial charge in [0, 0.05) is 11.4 Å². The van der Waals surface area contributed by atoms with E-state index in [-0.39, 0.29) is 23.7 Å². The zero-order chi connectivity index (χ0) is 18.3. The van der Waals surface area contributed by atoms with Crippen LogP contribution >= 0.6 is 0 Å². The zero-order valence-corrected chi connectivity index (χ0v) is 15.0. The first-order chi connectivity index (χ1) is 12.6. The SMILES string of the molecule is C=C/C=C\C(=C/C)Nc1ccc(N2C(=O)C3C4CCC(C4)C3C2=O)cc1. The maximum absolute atomic E-state index is 12.9. The second-order valence-electron chi connectivity index (χ2n) is 7.41. The number of hydrogen-bond donors (Lipinski definition) is 1. The molecule has 2 bridgehead atoms. The summed E-state index contributed by atoms with van der Waals surface area (Å²) in [5, 5.41) is 3.31. The Labute approximate surface area is 154 Å². The standard InChI is InChI=1S/C22H24N2O2/c1-3-5-6-16(4-2)23-17-9-11-18(12-10-17)24-21(25)19-14-7-8-15(13-14)20(19)22(24)26/h3-6,9-12,14-15,19-20,23H,1,7-8,13H2,2H3/b6-5-,16-4+. The lowest BCUT2D eigenvalue weighted by atomic mass is 9.81. The molecule has 0 radical (unpaired) electrons. The predicted octanol–water partition coefficient (Wildman–Crippen LogP) is 4.28. The number of hydrogen-bond acceptors (Lipinski definition) is 3. The molecule has 4 rings (SSSR count). The van der Waals surface area contributed by atoms with Crippen LogP contribution < -0.4 is 10.2 Å². The second kappa shape index (κ2) is 6.60. The molecule has 4 heteroatoms. The Morgan fingerprint density at radius 2 is 1.73 bits per heavy atom. The molecule has 2 amide bonds. The van der Waals surface area contributed by atoms with Crippen molar-refractivity contribution in [1.82, 2.24) is 0 Å². The average molecular weight is 348 g/mol. The minimum absolute atomic E-state index is 0.0102. The van der Waals surface area contributed by atoms with Gasteiger partial charge in [-0.1, -0.05) is 24.8 Å². The molecule has 1 aliphatic heterocycles. The Kier molecular flexibility index (Phi) is 4.27. The number of amides is 2. The van der Waals surface area contributed by atoms with Gasteiger partial charge in [0.05, 0.1) is 17.5 Å². The van der Waals surface area contributed by atoms with E-state index in [0.29, 0.717) is 17.5 Å². The first kappa shape index (κ1) is 16.8. The lowest BCUT2D eigenvalue weighted by Gasteiger charge is -2.19. The van der Waals surface area contributed by atoms with Crippen molar-refractivity contribution in [3.8, 4) is 0 Å². The van der Waals surface area contributed by atoms with Crippen LogP contribution in [-0.4, -0.2) is 11.8 Å². The van der Waals surface area contributed by atoms with E-state index in [1.807, 2.05) is 49.4 Å². The van der Waals surface area contributed by atoms with Crippen LogP contribution in [0.25, 0.3) is 0 Å². The molecule has 4 atom stereocenters. The van der Waals surface area contributed by atoms with Crippen LogP contribution in [0.2, 0.25) is 0 Å². The van der Waals surface area contributed by atoms with E-state index in [0.717, 1.165) is 30.6 Å². The lowest BCUT2D eigenvalue weighted by Crippen LogP contribution is -2.32. The molecule has 2 aliphatic carbocycles. The third kappa shape index (κ3) is 2.61. The van der Waals surface area contributed by atoms with E-state index in [2.05, 4.69) is 11.9 Å². The van der Waals surface area contributed by atoms with Crippen LogP contribution in [0.5, 0.6) is 0 Å². The van der Waals surface area contributed by atoms with Crippen molar-refractivity contribution in [2.75, 3.05) is 10.2 Å². The number of nitrogens with zero attached hydrogens (tertiary/aromatic N) is 1. The molecule has 2 saturated carbocycles. The van der Waals surface area contributed by atoms with Crippen LogP contribution in [0.1, 0.15) is 26.2 Å². The fourth-order valence-corrected chi connectivity index (χ4v) is 4.91. The third-order valence-corrected chi connectivity index (χ3v) is 6.06. The maximum atomic E-state index is 12.9. The number of carbonyl (C=O) groups excluding carboxylic acids is 2. The second-order valence-corrected chi connectivity index (χ2v) is 7.41. The summed E-state index contributed by atoms with van der Waals surface area (Å²) >= 11 is 0. The Hall–Kier alpha value is -2.62. The van der Waals surface area contributed by atoms with E-state index in [4.69, 9.17) is 0 Å². The molecule has 1 aromatic carbocycles. The molecular weight excluding hydrogens is 324 g/mol. The number of rotatable bonds is 5. The summed E-state index contributed by atoms with van der Waals surface area (Å²) in [6.45, 7) is 5.63. The van der Waals surface area contributed by atoms with Gasteiger partial charge in [0.2, 0.25) is 11.8 Å². The van der Waals surface area contributed by atoms with Crippen molar-refractivity contribution < 1.29 is 9.59 Å². The smallest absolute Gasteiger partial charge is 0.237 e. The fraction of sp³-hybridized carbons (Fsp3) is 0.364. The number of benzene rings is 1. The highest BCUT2D eigenvalue weighted by molar-refractivity contribution is 6.22. The molecular formula is C22H24N2O2. The van der Waals surface area contributed by atoms with Crippen molar-refractivity contribution in [2.24, 2.45) is 23.7 Å². The molecule has 1 N–H and O–H groups in total. The third-order valence-electron chi connectivity index (χ3n) is 6.06. The van der Waals surface area contributed by atoms with Gasteiger partial charge in [0.25, 0.3) is 0 Å². The molecule has 1 saturated heterocycles. The summed E-state index contributed by atoms with van der Waals surface area (Å²) in [4.78, 5) is 27.2. The number of allylic oxidation sites excluding steroid dienone is 4. The van der Waals surface area contributed by atoms with Crippen LogP contribution in [0, 0.1) is 23.7 Å². The zero-order valence-electron chi connectivity index (χ0n) is 15.0. The van der Waals surface area contributed by atoms with E-state index in [1.165, 1.54) is 4.90 Å². The first-order valence-electron chi connectivity index (χ1n) is 9.34. The van der Waals surface area contributed by atoms with Crippen molar-refractivity contribution >= 4 is 23.2 Å². The maximum Gasteiger partial charge on any atom is 0.237 e. The Morgan fingerprint density at radius 3 is 2.27 bits per heavy atom. The molecule has 26 heavy (non-hydrogen) atoms. The molecule has 3 aliphatic rings. The van der Waals surface area contributed by atoms with E-state index >= 15 is 0 Å². The number of imide groups is 1. The Bertz CT molecular complexity index is 778. The summed E-state index contributed by atoms with van der Waals surface area (Å²) in [6, 6.07) is 7.52. The van der Waals surface area contributed by atoms with Gasteiger partial charge in [-0.15, -0.1) is 0 Å². The van der Waals surface area contributed by atoms with Gasteiger partial charge in [0.1, 0.15) is 0 Å². The molecule has 1 aromatic rings. The topological polar surface area (TPSA) is 49.4 Å². The minimum atomic E-state index is -0.0716. The number of nitrogens with one attached hydrogen (secondary N) is 1. The van der Waals surface area contributed by atoms with Gasteiger partial charge in [-0.2, -0.15) is 0 Å². The highest BCUT2D eigenvalue weighted by atomic mass is 16.2. The van der Waals surface area contributed by atoms with Crippen molar-refractivity contribution in [1.29, 1.82) is 0 Å². The molecule has 4 nitrogen and oxygen atoms in total. The lowest BCUT2D eigenvalue weighted by molar-refractivity contribution is -0.123. The molecule has 0 aromatic heterocycles. The van der Waals surface area contributed by atoms with Gasteiger partial charge < -0.3 is 5.32 Å². The Morgan fingerprint density at radius 1 is 1.12 bits per heavy atom. The first-order valence-corrected chi connectivity index (χ1v) is 9.34. The number of carbonyl (C=O) groups is 2. The van der Waals surface area contributed by atoms with Crippen LogP contribution in [0.3, 0.4) is 0 Å². The summed E-state index contributed by atoms with van der Waals surface area (Å²) in [7, 11) is 0. The van der Waals surface area contributed by atoms with Crippen LogP contribution in [0.4, 0.5) is 11.4 Å². The van der Waals surface area contributed by atoms with E-state index in [1.54, 1.807) is 6.08 Å². The number of anilines is 2. The van der Waals surface area contributed by atoms with Gasteiger partial charge in [-0.25, -0.2) is 0 Å². The fourth-order valence-electron chi connectivity index (χ4n) is 4.91. The van der Waals surface area contributed by atoms with Gasteiger partial charge in [0.15, 0.2) is 0 Å². The van der Waals surface area contributed by atoms with Gasteiger partial charge >= 0.3 is 0 Å². The summed E-state index contributed by atoms with van der Waals surface area (Å²) < 4.78 is 0. The van der Waals surface area contributed by atoms with Crippen LogP contribution in [-0.2, 0) is 9.59 Å². The highest BCUT2D eigenvalue weighted by Crippen LogP contribution is 2.56. The molecule has 3 fully saturated rings. The quantitative estimate of drug-likeness (QED) is 0.638. The normalized spacial score (nSPS) is 30.3. The van der Waals surface area contributed by atoms with E-state index in [9.17, 15) is 9.59 Å². The minimum Gasteiger partial charge on any atom is -0.356 e. The van der Waals surface area contributed by atoms with Crippen molar-refractivity contribution in [2.45, 2.75) is 26.2 Å². The van der Waals surface area contributed by atoms with Crippen LogP contribution in [0.15, 0.2) is 60.8 Å². The molecule has 1 heterocycles. The summed E-state index contributed by atoms with van der Waals surface area (Å²) in [6.07, 6.45) is 10.8. The Balaban J connectivity index is 1.52. The van der Waals surface area contributed by atoms with E-state index < -0.39 is 0 Å². The van der Waals surface area contributed by atoms with Gasteiger partial charge in [-0.05, 0) is 68.4 Å².